The Labute approximate surface area is 116 Å². The third-order valence-electron chi connectivity index (χ3n) is 3.22. The summed E-state index contributed by atoms with van der Waals surface area (Å²) in [4.78, 5) is 13.1. The smallest absolute Gasteiger partial charge is 0.320 e. The number of benzene rings is 1. The van der Waals surface area contributed by atoms with E-state index in [-0.39, 0.29) is 0 Å². The van der Waals surface area contributed by atoms with Crippen LogP contribution in [0.2, 0.25) is 10.0 Å². The normalized spacial score (nSPS) is 16.9. The van der Waals surface area contributed by atoms with Gasteiger partial charge < -0.3 is 5.11 Å². The Morgan fingerprint density at radius 3 is 2.61 bits per heavy atom. The number of hydrogen-bond donors (Lipinski definition) is 1. The highest BCUT2D eigenvalue weighted by atomic mass is 35.5. The van der Waals surface area contributed by atoms with Gasteiger partial charge in [0.2, 0.25) is 0 Å². The highest BCUT2D eigenvalue weighted by molar-refractivity contribution is 6.42. The molecule has 0 heterocycles. The first-order chi connectivity index (χ1) is 8.49. The zero-order valence-electron chi connectivity index (χ0n) is 10.1. The molecule has 1 aromatic carbocycles. The SMILES string of the molecule is CC(C(=O)O)N(Cc1ccc(Cl)c(Cl)c1)C1CC1. The highest BCUT2D eigenvalue weighted by Crippen LogP contribution is 2.31. The van der Waals surface area contributed by atoms with Crippen LogP contribution < -0.4 is 0 Å². The van der Waals surface area contributed by atoms with E-state index in [4.69, 9.17) is 28.3 Å². The van der Waals surface area contributed by atoms with Crippen molar-refractivity contribution in [1.29, 1.82) is 0 Å². The van der Waals surface area contributed by atoms with E-state index in [0.29, 0.717) is 22.6 Å². The highest BCUT2D eigenvalue weighted by Gasteiger charge is 2.34. The molecule has 2 rings (SSSR count). The van der Waals surface area contributed by atoms with Gasteiger partial charge in [0, 0.05) is 12.6 Å². The van der Waals surface area contributed by atoms with Gasteiger partial charge in [0.25, 0.3) is 0 Å². The van der Waals surface area contributed by atoms with Crippen molar-refractivity contribution in [2.45, 2.75) is 38.4 Å². The van der Waals surface area contributed by atoms with Gasteiger partial charge in [-0.05, 0) is 37.5 Å². The number of rotatable bonds is 5. The molecule has 1 fully saturated rings. The van der Waals surface area contributed by atoms with Crippen LogP contribution in [0.25, 0.3) is 0 Å². The molecular formula is C13H15Cl2NO2. The molecule has 1 atom stereocenters. The average molecular weight is 288 g/mol. The summed E-state index contributed by atoms with van der Waals surface area (Å²) in [6.45, 7) is 2.31. The number of hydrogen-bond acceptors (Lipinski definition) is 2. The van der Waals surface area contributed by atoms with Crippen molar-refractivity contribution in [3.05, 3.63) is 33.8 Å². The molecular weight excluding hydrogens is 273 g/mol. The van der Waals surface area contributed by atoms with Crippen molar-refractivity contribution in [3.63, 3.8) is 0 Å². The average Bonchev–Trinajstić information content (AvgIpc) is 3.13. The number of carboxylic acids is 1. The molecule has 5 heteroatoms. The number of halogens is 2. The van der Waals surface area contributed by atoms with Gasteiger partial charge in [-0.25, -0.2) is 0 Å². The van der Waals surface area contributed by atoms with E-state index < -0.39 is 12.0 Å². The van der Waals surface area contributed by atoms with Crippen molar-refractivity contribution in [1.82, 2.24) is 4.90 Å². The molecule has 0 aromatic heterocycles. The number of aliphatic carboxylic acids is 1. The molecule has 1 aliphatic carbocycles. The second-order valence-electron chi connectivity index (χ2n) is 4.67. The van der Waals surface area contributed by atoms with Crippen molar-refractivity contribution >= 4 is 29.2 Å². The van der Waals surface area contributed by atoms with Crippen LogP contribution in [0.3, 0.4) is 0 Å². The Bertz CT molecular complexity index is 460. The van der Waals surface area contributed by atoms with Crippen LogP contribution in [0.1, 0.15) is 25.3 Å². The van der Waals surface area contributed by atoms with Crippen LogP contribution in [0.4, 0.5) is 0 Å². The van der Waals surface area contributed by atoms with E-state index in [1.165, 1.54) is 0 Å². The molecule has 0 radical (unpaired) electrons. The molecule has 0 bridgehead atoms. The maximum absolute atomic E-state index is 11.1. The summed E-state index contributed by atoms with van der Waals surface area (Å²) in [6.07, 6.45) is 2.14. The number of carboxylic acid groups (broad SMARTS) is 1. The van der Waals surface area contributed by atoms with Gasteiger partial charge in [0.15, 0.2) is 0 Å². The van der Waals surface area contributed by atoms with Crippen LogP contribution >= 0.6 is 23.2 Å². The van der Waals surface area contributed by atoms with E-state index in [0.717, 1.165) is 18.4 Å². The van der Waals surface area contributed by atoms with E-state index in [2.05, 4.69) is 0 Å². The van der Waals surface area contributed by atoms with Gasteiger partial charge in [0.1, 0.15) is 6.04 Å². The van der Waals surface area contributed by atoms with Gasteiger partial charge >= 0.3 is 5.97 Å². The predicted molar refractivity (Wildman–Crippen MR) is 72.1 cm³/mol. The molecule has 0 amide bonds. The molecule has 1 unspecified atom stereocenters. The molecule has 1 aromatic rings. The van der Waals surface area contributed by atoms with Crippen LogP contribution in [0.5, 0.6) is 0 Å². The van der Waals surface area contributed by atoms with Gasteiger partial charge in [-0.3, -0.25) is 9.69 Å². The fraction of sp³-hybridized carbons (Fsp3) is 0.462. The van der Waals surface area contributed by atoms with Gasteiger partial charge in [-0.2, -0.15) is 0 Å². The number of carbonyl (C=O) groups is 1. The lowest BCUT2D eigenvalue weighted by atomic mass is 10.1. The summed E-state index contributed by atoms with van der Waals surface area (Å²) in [7, 11) is 0. The molecule has 1 N–H and O–H groups in total. The van der Waals surface area contributed by atoms with E-state index >= 15 is 0 Å². The monoisotopic (exact) mass is 287 g/mol. The first kappa shape index (κ1) is 13.7. The van der Waals surface area contributed by atoms with Crippen molar-refractivity contribution in [2.24, 2.45) is 0 Å². The third-order valence-corrected chi connectivity index (χ3v) is 3.96. The Hall–Kier alpha value is -0.770. The van der Waals surface area contributed by atoms with E-state index in [1.807, 2.05) is 11.0 Å². The van der Waals surface area contributed by atoms with Crippen LogP contribution in [0.15, 0.2) is 18.2 Å². The zero-order chi connectivity index (χ0) is 13.3. The Morgan fingerprint density at radius 2 is 2.11 bits per heavy atom. The lowest BCUT2D eigenvalue weighted by Gasteiger charge is -2.26. The minimum atomic E-state index is -0.790. The second kappa shape index (κ2) is 5.47. The molecule has 3 nitrogen and oxygen atoms in total. The summed E-state index contributed by atoms with van der Waals surface area (Å²) in [5.74, 6) is -0.790. The number of nitrogens with zero attached hydrogens (tertiary/aromatic N) is 1. The minimum absolute atomic E-state index is 0.380. The topological polar surface area (TPSA) is 40.5 Å². The third kappa shape index (κ3) is 3.16. The van der Waals surface area contributed by atoms with Gasteiger partial charge in [0.05, 0.1) is 10.0 Å². The first-order valence-corrected chi connectivity index (χ1v) is 6.67. The summed E-state index contributed by atoms with van der Waals surface area (Å²) in [5, 5.41) is 10.1. The fourth-order valence-electron chi connectivity index (χ4n) is 1.98. The molecule has 18 heavy (non-hydrogen) atoms. The maximum Gasteiger partial charge on any atom is 0.320 e. The van der Waals surface area contributed by atoms with Gasteiger partial charge in [-0.1, -0.05) is 29.3 Å². The molecule has 1 saturated carbocycles. The standard InChI is InChI=1S/C13H15Cl2NO2/c1-8(13(17)18)16(10-3-4-10)7-9-2-5-11(14)12(15)6-9/h2,5-6,8,10H,3-4,7H2,1H3,(H,17,18). The molecule has 1 aliphatic rings. The van der Waals surface area contributed by atoms with Crippen molar-refractivity contribution in [3.8, 4) is 0 Å². The molecule has 0 saturated heterocycles. The second-order valence-corrected chi connectivity index (χ2v) is 5.48. The minimum Gasteiger partial charge on any atom is -0.480 e. The van der Waals surface area contributed by atoms with E-state index in [1.54, 1.807) is 19.1 Å². The van der Waals surface area contributed by atoms with Crippen LogP contribution in [-0.4, -0.2) is 28.1 Å². The Kier molecular flexibility index (Phi) is 4.15. The Balaban J connectivity index is 2.13. The molecule has 0 spiro atoms. The quantitative estimate of drug-likeness (QED) is 0.902. The lowest BCUT2D eigenvalue weighted by Crippen LogP contribution is -2.39. The molecule has 98 valence electrons. The fourth-order valence-corrected chi connectivity index (χ4v) is 2.30. The Morgan fingerprint density at radius 1 is 1.44 bits per heavy atom. The van der Waals surface area contributed by atoms with Crippen molar-refractivity contribution < 1.29 is 9.90 Å². The van der Waals surface area contributed by atoms with E-state index in [9.17, 15) is 4.79 Å². The van der Waals surface area contributed by atoms with Gasteiger partial charge in [-0.15, -0.1) is 0 Å². The molecule has 0 aliphatic heterocycles. The summed E-state index contributed by atoms with van der Waals surface area (Å²) in [6, 6.07) is 5.33. The maximum atomic E-state index is 11.1. The lowest BCUT2D eigenvalue weighted by molar-refractivity contribution is -0.143. The first-order valence-electron chi connectivity index (χ1n) is 5.91. The summed E-state index contributed by atoms with van der Waals surface area (Å²) < 4.78 is 0. The predicted octanol–water partition coefficient (Wildman–Crippen LogP) is 3.43. The summed E-state index contributed by atoms with van der Waals surface area (Å²) in [5.41, 5.74) is 0.990. The van der Waals surface area contributed by atoms with Crippen molar-refractivity contribution in [2.75, 3.05) is 0 Å². The van der Waals surface area contributed by atoms with Crippen LogP contribution in [0, 0.1) is 0 Å². The van der Waals surface area contributed by atoms with Crippen LogP contribution in [-0.2, 0) is 11.3 Å². The summed E-state index contributed by atoms with van der Waals surface area (Å²) >= 11 is 11.8. The zero-order valence-corrected chi connectivity index (χ0v) is 11.6. The largest absolute Gasteiger partial charge is 0.480 e.